The van der Waals surface area contributed by atoms with Crippen LogP contribution in [0.3, 0.4) is 0 Å². The lowest BCUT2D eigenvalue weighted by molar-refractivity contribution is -0.129. The molecule has 2 aromatic rings. The molecule has 9 heteroatoms. The van der Waals surface area contributed by atoms with E-state index in [-0.39, 0.29) is 23.8 Å². The fourth-order valence-corrected chi connectivity index (χ4v) is 4.10. The molecule has 1 atom stereocenters. The Morgan fingerprint density at radius 2 is 1.94 bits per heavy atom. The summed E-state index contributed by atoms with van der Waals surface area (Å²) in [5.74, 6) is 1.93. The lowest BCUT2D eigenvalue weighted by atomic mass is 10.0. The summed E-state index contributed by atoms with van der Waals surface area (Å²) in [4.78, 5) is 36.5. The van der Waals surface area contributed by atoms with Crippen molar-refractivity contribution >= 4 is 11.9 Å². The Morgan fingerprint density at radius 1 is 1.16 bits per heavy atom. The number of hydrogen-bond acceptors (Lipinski definition) is 7. The number of nitrogens with one attached hydrogen (secondary N) is 1. The normalized spacial score (nSPS) is 18.8. The standard InChI is InChI=1S/C22H28N4O5/c1-29-18-4-3-15(11-19(18)30-2)12-21(28)26-6-5-16(14-26)17-13-20(27)24-22(23-17)25-7-9-31-10-8-25/h3-4,11,13,16H,5-10,12,14H2,1-2H3,(H,23,24,27)/t16-/m0/s1. The van der Waals surface area contributed by atoms with Gasteiger partial charge in [0.15, 0.2) is 11.5 Å². The zero-order valence-corrected chi connectivity index (χ0v) is 17.9. The Morgan fingerprint density at radius 3 is 2.68 bits per heavy atom. The lowest BCUT2D eigenvalue weighted by Crippen LogP contribution is -2.38. The minimum absolute atomic E-state index is 0.0490. The first-order valence-corrected chi connectivity index (χ1v) is 10.5. The second kappa shape index (κ2) is 9.38. The van der Waals surface area contributed by atoms with E-state index in [1.807, 2.05) is 28.0 Å². The topological polar surface area (TPSA) is 97.0 Å². The number of aromatic nitrogens is 2. The molecule has 1 N–H and O–H groups in total. The van der Waals surface area contributed by atoms with Crippen molar-refractivity contribution in [3.05, 3.63) is 45.9 Å². The summed E-state index contributed by atoms with van der Waals surface area (Å²) in [6.45, 7) is 3.86. The Kier molecular flexibility index (Phi) is 6.41. The molecule has 3 heterocycles. The number of H-pyrrole nitrogens is 1. The molecule has 0 radical (unpaired) electrons. The predicted molar refractivity (Wildman–Crippen MR) is 115 cm³/mol. The van der Waals surface area contributed by atoms with Crippen LogP contribution in [-0.2, 0) is 16.0 Å². The maximum atomic E-state index is 12.9. The molecule has 4 rings (SSSR count). The number of rotatable bonds is 6. The number of benzene rings is 1. The fraction of sp³-hybridized carbons (Fsp3) is 0.500. The molecule has 166 valence electrons. The van der Waals surface area contributed by atoms with Crippen LogP contribution in [0.5, 0.6) is 11.5 Å². The highest BCUT2D eigenvalue weighted by atomic mass is 16.5. The van der Waals surface area contributed by atoms with Crippen molar-refractivity contribution in [3.8, 4) is 11.5 Å². The number of anilines is 1. The van der Waals surface area contributed by atoms with Gasteiger partial charge in [0, 0.05) is 38.2 Å². The Labute approximate surface area is 180 Å². The van der Waals surface area contributed by atoms with Crippen molar-refractivity contribution < 1.29 is 19.0 Å². The number of methoxy groups -OCH3 is 2. The predicted octanol–water partition coefficient (Wildman–Crippen LogP) is 1.18. The fourth-order valence-electron chi connectivity index (χ4n) is 4.10. The summed E-state index contributed by atoms with van der Waals surface area (Å²) in [6.07, 6.45) is 1.07. The average Bonchev–Trinajstić information content (AvgIpc) is 3.30. The Bertz CT molecular complexity index is 986. The molecule has 0 aliphatic carbocycles. The first-order valence-electron chi connectivity index (χ1n) is 10.5. The van der Waals surface area contributed by atoms with Crippen molar-refractivity contribution in [2.45, 2.75) is 18.8 Å². The number of aromatic amines is 1. The molecule has 2 aliphatic heterocycles. The number of morpholine rings is 1. The van der Waals surface area contributed by atoms with E-state index in [1.165, 1.54) is 0 Å². The molecule has 0 unspecified atom stereocenters. The van der Waals surface area contributed by atoms with E-state index in [1.54, 1.807) is 20.3 Å². The van der Waals surface area contributed by atoms with E-state index in [4.69, 9.17) is 19.2 Å². The van der Waals surface area contributed by atoms with Gasteiger partial charge in [-0.2, -0.15) is 0 Å². The van der Waals surface area contributed by atoms with Gasteiger partial charge in [-0.1, -0.05) is 6.07 Å². The number of carbonyl (C=O) groups excluding carboxylic acids is 1. The van der Waals surface area contributed by atoms with Crippen LogP contribution in [0.25, 0.3) is 0 Å². The minimum atomic E-state index is -0.165. The SMILES string of the molecule is COc1ccc(CC(=O)N2CC[C@H](c3cc(=O)[nH]c(N4CCOCC4)n3)C2)cc1OC. The Hall–Kier alpha value is -3.07. The number of hydrogen-bond donors (Lipinski definition) is 1. The maximum Gasteiger partial charge on any atom is 0.252 e. The van der Waals surface area contributed by atoms with Crippen LogP contribution in [0.4, 0.5) is 5.95 Å². The van der Waals surface area contributed by atoms with Gasteiger partial charge in [-0.15, -0.1) is 0 Å². The second-order valence-corrected chi connectivity index (χ2v) is 7.78. The highest BCUT2D eigenvalue weighted by molar-refractivity contribution is 5.79. The van der Waals surface area contributed by atoms with Crippen LogP contribution in [0.2, 0.25) is 0 Å². The molecule has 1 aromatic heterocycles. The number of likely N-dealkylation sites (tertiary alicyclic amines) is 1. The molecule has 1 aromatic carbocycles. The summed E-state index contributed by atoms with van der Waals surface area (Å²) in [5.41, 5.74) is 1.45. The molecule has 1 amide bonds. The number of amides is 1. The van der Waals surface area contributed by atoms with Crippen LogP contribution < -0.4 is 19.9 Å². The summed E-state index contributed by atoms with van der Waals surface area (Å²) in [6, 6.07) is 7.06. The van der Waals surface area contributed by atoms with Crippen LogP contribution in [0, 0.1) is 0 Å². The molecular weight excluding hydrogens is 400 g/mol. The first-order chi connectivity index (χ1) is 15.1. The van der Waals surface area contributed by atoms with Gasteiger partial charge in [0.25, 0.3) is 5.56 Å². The van der Waals surface area contributed by atoms with Gasteiger partial charge in [0.05, 0.1) is 39.5 Å². The third-order valence-electron chi connectivity index (χ3n) is 5.82. The van der Waals surface area contributed by atoms with Gasteiger partial charge < -0.3 is 24.0 Å². The smallest absolute Gasteiger partial charge is 0.252 e. The van der Waals surface area contributed by atoms with Crippen molar-refractivity contribution in [1.29, 1.82) is 0 Å². The lowest BCUT2D eigenvalue weighted by Gasteiger charge is -2.27. The van der Waals surface area contributed by atoms with Crippen molar-refractivity contribution in [3.63, 3.8) is 0 Å². The highest BCUT2D eigenvalue weighted by Gasteiger charge is 2.29. The molecule has 2 saturated heterocycles. The average molecular weight is 428 g/mol. The third kappa shape index (κ3) is 4.82. The number of ether oxygens (including phenoxy) is 3. The first kappa shape index (κ1) is 21.2. The summed E-state index contributed by atoms with van der Waals surface area (Å²) in [5, 5.41) is 0. The van der Waals surface area contributed by atoms with E-state index in [0.29, 0.717) is 56.8 Å². The van der Waals surface area contributed by atoms with Gasteiger partial charge in [-0.3, -0.25) is 14.6 Å². The summed E-state index contributed by atoms with van der Waals surface area (Å²) >= 11 is 0. The molecule has 0 spiro atoms. The van der Waals surface area contributed by atoms with Crippen LogP contribution >= 0.6 is 0 Å². The van der Waals surface area contributed by atoms with Crippen LogP contribution in [0.15, 0.2) is 29.1 Å². The van der Waals surface area contributed by atoms with Gasteiger partial charge in [0.2, 0.25) is 11.9 Å². The number of nitrogens with zero attached hydrogens (tertiary/aromatic N) is 3. The van der Waals surface area contributed by atoms with Crippen LogP contribution in [0.1, 0.15) is 23.6 Å². The van der Waals surface area contributed by atoms with E-state index < -0.39 is 0 Å². The van der Waals surface area contributed by atoms with E-state index in [0.717, 1.165) is 17.7 Å². The summed E-state index contributed by atoms with van der Waals surface area (Å²) < 4.78 is 16.0. The molecule has 0 bridgehead atoms. The minimum Gasteiger partial charge on any atom is -0.493 e. The molecule has 0 saturated carbocycles. The van der Waals surface area contributed by atoms with Crippen molar-refractivity contribution in [2.75, 3.05) is 58.5 Å². The van der Waals surface area contributed by atoms with Crippen LogP contribution in [-0.4, -0.2) is 74.4 Å². The molecule has 31 heavy (non-hydrogen) atoms. The van der Waals surface area contributed by atoms with Gasteiger partial charge in [0.1, 0.15) is 0 Å². The van der Waals surface area contributed by atoms with E-state index in [9.17, 15) is 9.59 Å². The quantitative estimate of drug-likeness (QED) is 0.738. The van der Waals surface area contributed by atoms with E-state index in [2.05, 4.69) is 4.98 Å². The maximum absolute atomic E-state index is 12.9. The second-order valence-electron chi connectivity index (χ2n) is 7.78. The van der Waals surface area contributed by atoms with Gasteiger partial charge >= 0.3 is 0 Å². The van der Waals surface area contributed by atoms with Gasteiger partial charge in [-0.25, -0.2) is 4.98 Å². The molecule has 2 fully saturated rings. The van der Waals surface area contributed by atoms with E-state index >= 15 is 0 Å². The van der Waals surface area contributed by atoms with Gasteiger partial charge in [-0.05, 0) is 24.1 Å². The third-order valence-corrected chi connectivity index (χ3v) is 5.82. The monoisotopic (exact) mass is 428 g/mol. The Balaban J connectivity index is 1.43. The zero-order valence-electron chi connectivity index (χ0n) is 17.9. The van der Waals surface area contributed by atoms with Crippen molar-refractivity contribution in [1.82, 2.24) is 14.9 Å². The molecule has 2 aliphatic rings. The molecule has 9 nitrogen and oxygen atoms in total. The highest BCUT2D eigenvalue weighted by Crippen LogP contribution is 2.29. The van der Waals surface area contributed by atoms with Crippen molar-refractivity contribution in [2.24, 2.45) is 0 Å². The largest absolute Gasteiger partial charge is 0.493 e. The zero-order chi connectivity index (χ0) is 21.8. The summed E-state index contributed by atoms with van der Waals surface area (Å²) in [7, 11) is 3.16. The number of carbonyl (C=O) groups is 1. The molecular formula is C22H28N4O5.